The second kappa shape index (κ2) is 7.07. The molecule has 0 bridgehead atoms. The molecule has 2 rings (SSSR count). The molecule has 1 aliphatic carbocycles. The van der Waals surface area contributed by atoms with Crippen LogP contribution in [0.3, 0.4) is 0 Å². The zero-order chi connectivity index (χ0) is 13.5. The Morgan fingerprint density at radius 1 is 1.32 bits per heavy atom. The zero-order valence-electron chi connectivity index (χ0n) is 11.5. The first-order valence-electron chi connectivity index (χ1n) is 7.13. The van der Waals surface area contributed by atoms with Crippen LogP contribution in [-0.2, 0) is 0 Å². The Kier molecular flexibility index (Phi) is 5.12. The number of carbonyl (C=O) groups is 1. The van der Waals surface area contributed by atoms with Gasteiger partial charge in [-0.1, -0.05) is 19.8 Å². The molecule has 1 amide bonds. The average Bonchev–Trinajstić information content (AvgIpc) is 3.26. The molecule has 1 aliphatic rings. The average molecular weight is 262 g/mol. The van der Waals surface area contributed by atoms with E-state index in [2.05, 4.69) is 27.5 Å². The van der Waals surface area contributed by atoms with Crippen molar-refractivity contribution in [3.05, 3.63) is 18.1 Å². The number of carbonyl (C=O) groups excluding carboxylic acids is 1. The van der Waals surface area contributed by atoms with E-state index in [-0.39, 0.29) is 5.91 Å². The minimum atomic E-state index is -0.134. The second-order valence-electron chi connectivity index (χ2n) is 5.06. The topological polar surface area (TPSA) is 66.9 Å². The molecule has 1 saturated carbocycles. The lowest BCUT2D eigenvalue weighted by Gasteiger charge is -2.06. The minimum Gasteiger partial charge on any atom is -0.369 e. The highest BCUT2D eigenvalue weighted by Gasteiger charge is 2.20. The Balaban J connectivity index is 1.71. The number of rotatable bonds is 8. The third-order valence-electron chi connectivity index (χ3n) is 3.21. The summed E-state index contributed by atoms with van der Waals surface area (Å²) in [5.74, 6) is 1.50. The Labute approximate surface area is 114 Å². The van der Waals surface area contributed by atoms with Gasteiger partial charge in [-0.25, -0.2) is 9.97 Å². The molecule has 1 fully saturated rings. The molecule has 0 atom stereocenters. The summed E-state index contributed by atoms with van der Waals surface area (Å²) in [6, 6.07) is 0. The molecule has 1 heterocycles. The molecule has 5 heteroatoms. The van der Waals surface area contributed by atoms with Crippen molar-refractivity contribution >= 4 is 11.7 Å². The summed E-state index contributed by atoms with van der Waals surface area (Å²) in [6.07, 6.45) is 9.18. The monoisotopic (exact) mass is 262 g/mol. The maximum Gasteiger partial charge on any atom is 0.271 e. The molecule has 2 N–H and O–H groups in total. The van der Waals surface area contributed by atoms with Crippen molar-refractivity contribution in [1.29, 1.82) is 0 Å². The van der Waals surface area contributed by atoms with Gasteiger partial charge < -0.3 is 10.6 Å². The highest BCUT2D eigenvalue weighted by molar-refractivity contribution is 5.91. The summed E-state index contributed by atoms with van der Waals surface area (Å²) in [5, 5.41) is 6.01. The van der Waals surface area contributed by atoms with Crippen LogP contribution in [-0.4, -0.2) is 29.0 Å². The van der Waals surface area contributed by atoms with Crippen LogP contribution in [0, 0.1) is 5.92 Å². The van der Waals surface area contributed by atoms with Gasteiger partial charge in [0.25, 0.3) is 5.91 Å². The van der Waals surface area contributed by atoms with E-state index in [0.29, 0.717) is 11.5 Å². The lowest BCUT2D eigenvalue weighted by molar-refractivity contribution is 0.0947. The van der Waals surface area contributed by atoms with Gasteiger partial charge in [-0.2, -0.15) is 0 Å². The number of amides is 1. The first kappa shape index (κ1) is 13.8. The number of nitrogens with one attached hydrogen (secondary N) is 2. The molecular weight excluding hydrogens is 240 g/mol. The third-order valence-corrected chi connectivity index (χ3v) is 3.21. The normalized spacial score (nSPS) is 14.2. The number of nitrogens with zero attached hydrogens (tertiary/aromatic N) is 2. The fraction of sp³-hybridized carbons (Fsp3) is 0.643. The van der Waals surface area contributed by atoms with Gasteiger partial charge in [0.2, 0.25) is 0 Å². The Bertz CT molecular complexity index is 400. The highest BCUT2D eigenvalue weighted by Crippen LogP contribution is 2.33. The molecular formula is C14H22N4O. The molecule has 0 aliphatic heterocycles. The van der Waals surface area contributed by atoms with Crippen LogP contribution in [0.4, 0.5) is 5.82 Å². The minimum absolute atomic E-state index is 0.134. The van der Waals surface area contributed by atoms with Crippen LogP contribution in [0.5, 0.6) is 0 Å². The molecule has 0 radical (unpaired) electrons. The quantitative estimate of drug-likeness (QED) is 0.705. The Morgan fingerprint density at radius 2 is 2.16 bits per heavy atom. The Morgan fingerprint density at radius 3 is 2.79 bits per heavy atom. The van der Waals surface area contributed by atoms with Crippen LogP contribution in [0.2, 0.25) is 0 Å². The lowest BCUT2D eigenvalue weighted by atomic mass is 10.2. The highest BCUT2D eigenvalue weighted by atomic mass is 16.1. The largest absolute Gasteiger partial charge is 0.369 e. The summed E-state index contributed by atoms with van der Waals surface area (Å²) in [6.45, 7) is 3.68. The fourth-order valence-electron chi connectivity index (χ4n) is 1.88. The van der Waals surface area contributed by atoms with Crippen molar-refractivity contribution in [3.8, 4) is 0 Å². The predicted octanol–water partition coefficient (Wildman–Crippen LogP) is 2.22. The summed E-state index contributed by atoms with van der Waals surface area (Å²) in [5.41, 5.74) is 0.383. The first-order valence-corrected chi connectivity index (χ1v) is 7.13. The van der Waals surface area contributed by atoms with Crippen molar-refractivity contribution in [3.63, 3.8) is 0 Å². The van der Waals surface area contributed by atoms with Gasteiger partial charge >= 0.3 is 0 Å². The number of anilines is 1. The summed E-state index contributed by atoms with van der Waals surface area (Å²) < 4.78 is 0. The molecule has 0 spiro atoms. The van der Waals surface area contributed by atoms with E-state index < -0.39 is 0 Å². The van der Waals surface area contributed by atoms with Gasteiger partial charge in [0.1, 0.15) is 11.5 Å². The Hall–Kier alpha value is -1.65. The van der Waals surface area contributed by atoms with Crippen molar-refractivity contribution in [2.24, 2.45) is 5.92 Å². The smallest absolute Gasteiger partial charge is 0.271 e. The molecule has 1 aromatic heterocycles. The van der Waals surface area contributed by atoms with E-state index >= 15 is 0 Å². The van der Waals surface area contributed by atoms with Gasteiger partial charge in [0.15, 0.2) is 0 Å². The fourth-order valence-corrected chi connectivity index (χ4v) is 1.88. The van der Waals surface area contributed by atoms with Gasteiger partial charge in [-0.05, 0) is 25.2 Å². The predicted molar refractivity (Wildman–Crippen MR) is 75.1 cm³/mol. The molecule has 5 nitrogen and oxygen atoms in total. The van der Waals surface area contributed by atoms with E-state index in [4.69, 9.17) is 0 Å². The maximum absolute atomic E-state index is 11.8. The number of aromatic nitrogens is 2. The van der Waals surface area contributed by atoms with Crippen LogP contribution < -0.4 is 10.6 Å². The maximum atomic E-state index is 11.8. The van der Waals surface area contributed by atoms with E-state index in [1.165, 1.54) is 25.5 Å². The van der Waals surface area contributed by atoms with Gasteiger partial charge in [0.05, 0.1) is 12.4 Å². The van der Waals surface area contributed by atoms with E-state index in [1.54, 1.807) is 6.20 Å². The zero-order valence-corrected chi connectivity index (χ0v) is 11.5. The summed E-state index contributed by atoms with van der Waals surface area (Å²) in [4.78, 5) is 20.1. The molecule has 104 valence electrons. The van der Waals surface area contributed by atoms with Crippen molar-refractivity contribution in [2.45, 2.75) is 39.0 Å². The second-order valence-corrected chi connectivity index (χ2v) is 5.06. The molecule has 0 aromatic carbocycles. The summed E-state index contributed by atoms with van der Waals surface area (Å²) >= 11 is 0. The van der Waals surface area contributed by atoms with Gasteiger partial charge in [0, 0.05) is 13.1 Å². The number of hydrogen-bond acceptors (Lipinski definition) is 4. The lowest BCUT2D eigenvalue weighted by Crippen LogP contribution is -2.25. The summed E-state index contributed by atoms with van der Waals surface area (Å²) in [7, 11) is 0. The standard InChI is InChI=1S/C14H22N4O/c1-2-7-15-13-10-17-12(9-18-13)14(19)16-8-3-4-11-5-6-11/h9-11H,2-8H2,1H3,(H,15,18)(H,16,19). The van der Waals surface area contributed by atoms with Crippen LogP contribution >= 0.6 is 0 Å². The van der Waals surface area contributed by atoms with E-state index in [0.717, 1.165) is 31.8 Å². The van der Waals surface area contributed by atoms with Crippen molar-refractivity contribution in [1.82, 2.24) is 15.3 Å². The van der Waals surface area contributed by atoms with Gasteiger partial charge in [-0.15, -0.1) is 0 Å². The number of hydrogen-bond donors (Lipinski definition) is 2. The van der Waals surface area contributed by atoms with Gasteiger partial charge in [-0.3, -0.25) is 4.79 Å². The third kappa shape index (κ3) is 4.85. The van der Waals surface area contributed by atoms with Crippen molar-refractivity contribution in [2.75, 3.05) is 18.4 Å². The molecule has 19 heavy (non-hydrogen) atoms. The molecule has 1 aromatic rings. The van der Waals surface area contributed by atoms with E-state index in [9.17, 15) is 4.79 Å². The van der Waals surface area contributed by atoms with Crippen LogP contribution in [0.25, 0.3) is 0 Å². The van der Waals surface area contributed by atoms with Crippen molar-refractivity contribution < 1.29 is 4.79 Å². The molecule has 0 saturated heterocycles. The van der Waals surface area contributed by atoms with Crippen LogP contribution in [0.1, 0.15) is 49.5 Å². The van der Waals surface area contributed by atoms with Crippen LogP contribution in [0.15, 0.2) is 12.4 Å². The first-order chi connectivity index (χ1) is 9.29. The van der Waals surface area contributed by atoms with E-state index in [1.807, 2.05) is 0 Å². The molecule has 0 unspecified atom stereocenters. The SMILES string of the molecule is CCCNc1cnc(C(=O)NCCCC2CC2)cn1.